The fourth-order valence-electron chi connectivity index (χ4n) is 5.97. The molecule has 2 rings (SSSR count). The molecular formula is C35H60O5Si. The predicted molar refractivity (Wildman–Crippen MR) is 173 cm³/mol. The Morgan fingerprint density at radius 2 is 1.68 bits per heavy atom. The lowest BCUT2D eigenvalue weighted by Gasteiger charge is -2.35. The summed E-state index contributed by atoms with van der Waals surface area (Å²) >= 11 is 0. The Labute approximate surface area is 253 Å². The molecule has 1 fully saturated rings. The van der Waals surface area contributed by atoms with Crippen LogP contribution in [-0.2, 0) is 14.0 Å². The number of carbonyl (C=O) groups is 1. The van der Waals surface area contributed by atoms with Gasteiger partial charge in [0, 0.05) is 6.42 Å². The number of allylic oxidation sites excluding steroid dienone is 2. The molecule has 6 heteroatoms. The fraction of sp³-hybridized carbons (Fsp3) is 0.743. The maximum Gasteiger partial charge on any atom is 0.308 e. The molecular weight excluding hydrogens is 528 g/mol. The van der Waals surface area contributed by atoms with E-state index in [0.717, 1.165) is 31.4 Å². The zero-order valence-corrected chi connectivity index (χ0v) is 28.2. The quantitative estimate of drug-likeness (QED) is 0.0574. The highest BCUT2D eigenvalue weighted by Gasteiger charge is 2.36. The van der Waals surface area contributed by atoms with Crippen LogP contribution in [-0.4, -0.2) is 38.6 Å². The number of para-hydroxylation sites is 1. The molecule has 0 radical (unpaired) electrons. The zero-order valence-electron chi connectivity index (χ0n) is 27.0. The van der Waals surface area contributed by atoms with Gasteiger partial charge in [-0.1, -0.05) is 89.6 Å². The van der Waals surface area contributed by atoms with Crippen molar-refractivity contribution in [2.45, 2.75) is 143 Å². The Morgan fingerprint density at radius 1 is 1.05 bits per heavy atom. The number of hydrogen-bond donors (Lipinski definition) is 1. The lowest BCUT2D eigenvalue weighted by molar-refractivity contribution is -0.150. The molecule has 0 bridgehead atoms. The van der Waals surface area contributed by atoms with E-state index in [-0.39, 0.29) is 24.1 Å². The van der Waals surface area contributed by atoms with Gasteiger partial charge in [-0.15, -0.1) is 0 Å². The average molecular weight is 589 g/mol. The predicted octanol–water partition coefficient (Wildman–Crippen LogP) is 9.00. The van der Waals surface area contributed by atoms with Gasteiger partial charge in [0.05, 0.1) is 18.6 Å². The molecule has 4 atom stereocenters. The Bertz CT molecular complexity index is 865. The number of carbonyl (C=O) groups excluding carboxylic acids is 1. The van der Waals surface area contributed by atoms with Crippen molar-refractivity contribution in [2.24, 2.45) is 17.3 Å². The van der Waals surface area contributed by atoms with Crippen molar-refractivity contribution in [2.75, 3.05) is 6.61 Å². The Balaban J connectivity index is 1.66. The molecule has 0 heterocycles. The average Bonchev–Trinajstić information content (AvgIpc) is 2.88. The molecule has 1 N–H and O–H groups in total. The molecule has 0 aliphatic heterocycles. The van der Waals surface area contributed by atoms with Gasteiger partial charge in [-0.25, -0.2) is 0 Å². The number of ether oxygens (including phenoxy) is 2. The number of rotatable bonds is 19. The van der Waals surface area contributed by atoms with Gasteiger partial charge in [0.25, 0.3) is 0 Å². The number of unbranched alkanes of at least 4 members (excludes halogenated alkanes) is 6. The maximum atomic E-state index is 12.0. The van der Waals surface area contributed by atoms with Crippen molar-refractivity contribution in [3.05, 3.63) is 42.5 Å². The van der Waals surface area contributed by atoms with Gasteiger partial charge >= 0.3 is 5.97 Å². The number of aliphatic hydroxyl groups is 1. The minimum atomic E-state index is -1.15. The highest BCUT2D eigenvalue weighted by molar-refractivity contribution is 6.48. The van der Waals surface area contributed by atoms with E-state index in [9.17, 15) is 9.90 Å². The highest BCUT2D eigenvalue weighted by Crippen LogP contribution is 2.38. The molecule has 1 aromatic carbocycles. The second-order valence-corrected chi connectivity index (χ2v) is 15.9. The van der Waals surface area contributed by atoms with E-state index in [4.69, 9.17) is 13.9 Å². The topological polar surface area (TPSA) is 65.0 Å². The molecule has 1 aliphatic rings. The second kappa shape index (κ2) is 18.8. The van der Waals surface area contributed by atoms with Crippen LogP contribution >= 0.6 is 0 Å². The molecule has 4 unspecified atom stereocenters. The van der Waals surface area contributed by atoms with Gasteiger partial charge in [-0.3, -0.25) is 4.79 Å². The summed E-state index contributed by atoms with van der Waals surface area (Å²) in [5.74, 6) is 1.47. The Kier molecular flexibility index (Phi) is 16.3. The smallest absolute Gasteiger partial charge is 0.308 e. The SMILES string of the molecule is CCOC(=O)CC1(O)CCCC(C=CC(CCCCCCCCCC(Oc2ccccc2)O[SiH](C)C)C(C)(C)C)C1. The van der Waals surface area contributed by atoms with Crippen LogP contribution in [0, 0.1) is 17.3 Å². The minimum Gasteiger partial charge on any atom is -0.466 e. The first-order valence-corrected chi connectivity index (χ1v) is 19.2. The molecule has 0 saturated heterocycles. The molecule has 0 amide bonds. The number of hydrogen-bond acceptors (Lipinski definition) is 5. The number of esters is 1. The summed E-state index contributed by atoms with van der Waals surface area (Å²) in [5.41, 5.74) is -0.707. The first-order valence-electron chi connectivity index (χ1n) is 16.4. The summed E-state index contributed by atoms with van der Waals surface area (Å²) in [4.78, 5) is 12.0. The van der Waals surface area contributed by atoms with Gasteiger partial charge in [0.15, 0.2) is 15.3 Å². The third-order valence-electron chi connectivity index (χ3n) is 8.26. The highest BCUT2D eigenvalue weighted by atomic mass is 28.3. The summed E-state index contributed by atoms with van der Waals surface area (Å²) in [5, 5.41) is 11.0. The Morgan fingerprint density at radius 3 is 2.29 bits per heavy atom. The van der Waals surface area contributed by atoms with Crippen molar-refractivity contribution in [3.63, 3.8) is 0 Å². The van der Waals surface area contributed by atoms with Gasteiger partial charge in [-0.2, -0.15) is 0 Å². The molecule has 1 saturated carbocycles. The Hall–Kier alpha value is -1.63. The van der Waals surface area contributed by atoms with Crippen molar-refractivity contribution in [3.8, 4) is 5.75 Å². The minimum absolute atomic E-state index is 0.114. The standard InChI is InChI=1S/C35H60O5Si/c1-7-38-32(36)28-35(37)26-18-19-29(27-35)24-25-30(34(2,3)4)20-14-11-9-8-10-12-17-23-33(40-41(5)6)39-31-21-15-13-16-22-31/h13,15-16,21-22,24-25,29-30,33,37,41H,7-12,14,17-20,23,26-28H2,1-6H3. The van der Waals surface area contributed by atoms with Crippen LogP contribution in [0.1, 0.15) is 118 Å². The van der Waals surface area contributed by atoms with Crippen LogP contribution in [0.2, 0.25) is 13.1 Å². The first kappa shape index (κ1) is 35.6. The molecule has 0 aromatic heterocycles. The van der Waals surface area contributed by atoms with E-state index in [1.54, 1.807) is 0 Å². The molecule has 5 nitrogen and oxygen atoms in total. The summed E-state index contributed by atoms with van der Waals surface area (Å²) in [6.07, 6.45) is 19.1. The maximum absolute atomic E-state index is 12.0. The van der Waals surface area contributed by atoms with Crippen molar-refractivity contribution in [1.29, 1.82) is 0 Å². The molecule has 0 spiro atoms. The van der Waals surface area contributed by atoms with E-state index < -0.39 is 14.6 Å². The van der Waals surface area contributed by atoms with Gasteiger partial charge in [0.1, 0.15) is 5.75 Å². The third-order valence-corrected chi connectivity index (χ3v) is 9.10. The molecule has 1 aliphatic carbocycles. The fourth-order valence-corrected chi connectivity index (χ4v) is 6.77. The molecule has 1 aromatic rings. The molecule has 234 valence electrons. The number of benzene rings is 1. The summed E-state index contributed by atoms with van der Waals surface area (Å²) in [7, 11) is -1.15. The van der Waals surface area contributed by atoms with Gasteiger partial charge in [-0.05, 0) is 87.9 Å². The van der Waals surface area contributed by atoms with Crippen molar-refractivity contribution < 1.29 is 23.8 Å². The largest absolute Gasteiger partial charge is 0.466 e. The summed E-state index contributed by atoms with van der Waals surface area (Å²) in [6, 6.07) is 10.0. The van der Waals surface area contributed by atoms with Crippen LogP contribution in [0.3, 0.4) is 0 Å². The van der Waals surface area contributed by atoms with E-state index >= 15 is 0 Å². The van der Waals surface area contributed by atoms with E-state index in [2.05, 4.69) is 46.0 Å². The normalized spacial score (nSPS) is 21.2. The lowest BCUT2D eigenvalue weighted by Crippen LogP contribution is -2.37. The molecule has 41 heavy (non-hydrogen) atoms. The lowest BCUT2D eigenvalue weighted by atomic mass is 9.74. The third kappa shape index (κ3) is 15.4. The second-order valence-electron chi connectivity index (χ2n) is 13.5. The van der Waals surface area contributed by atoms with Gasteiger partial charge in [0.2, 0.25) is 0 Å². The van der Waals surface area contributed by atoms with Crippen LogP contribution < -0.4 is 4.74 Å². The van der Waals surface area contributed by atoms with Crippen LogP contribution in [0.4, 0.5) is 0 Å². The van der Waals surface area contributed by atoms with Crippen LogP contribution in [0.25, 0.3) is 0 Å². The van der Waals surface area contributed by atoms with Crippen LogP contribution in [0.5, 0.6) is 5.75 Å². The van der Waals surface area contributed by atoms with Crippen molar-refractivity contribution in [1.82, 2.24) is 0 Å². The van der Waals surface area contributed by atoms with E-state index in [1.165, 1.54) is 44.9 Å². The van der Waals surface area contributed by atoms with Crippen molar-refractivity contribution >= 4 is 15.0 Å². The summed E-state index contributed by atoms with van der Waals surface area (Å²) in [6.45, 7) is 13.6. The van der Waals surface area contributed by atoms with E-state index in [0.29, 0.717) is 31.3 Å². The van der Waals surface area contributed by atoms with Gasteiger partial charge < -0.3 is 19.0 Å². The first-order chi connectivity index (χ1) is 19.5. The summed E-state index contributed by atoms with van der Waals surface area (Å²) < 4.78 is 17.3. The zero-order chi connectivity index (χ0) is 30.1. The monoisotopic (exact) mass is 588 g/mol. The van der Waals surface area contributed by atoms with Crippen LogP contribution in [0.15, 0.2) is 42.5 Å². The van der Waals surface area contributed by atoms with E-state index in [1.807, 2.05) is 37.3 Å².